The number of fused-ring (bicyclic) bond motifs is 1. The second-order valence-corrected chi connectivity index (χ2v) is 16.1. The lowest BCUT2D eigenvalue weighted by atomic mass is 9.86. The molecule has 2 aromatic carbocycles. The molecule has 1 N–H and O–H groups in total. The molecule has 2 saturated heterocycles. The smallest absolute Gasteiger partial charge is 0.267 e. The number of pyridine rings is 1. The van der Waals surface area contributed by atoms with E-state index in [0.29, 0.717) is 66.3 Å². The Kier molecular flexibility index (Phi) is 12.7. The number of hydrogen-bond donors (Lipinski definition) is 1. The number of carbonyl (C=O) groups is 2. The average molecular weight is 743 g/mol. The van der Waals surface area contributed by atoms with Crippen LogP contribution in [0.2, 0.25) is 0 Å². The van der Waals surface area contributed by atoms with Crippen molar-refractivity contribution in [1.29, 1.82) is 0 Å². The standard InChI is InChI=1S/C41H52N5O6S/c1-4-10-37(31-17-21-44(22-18-31)41(48)32-25-34(51-2)28-35(26-32)52-3)46-38-14-20-42-29-33(38)27-39(46)40(47)43-19-9-8-11-30-15-23-45(24-16-30)53(49,50)36-12-6-5-7-13-36/h5-7,12-14,20,25-31,37H,1,4,8-11,15-19,21-24H2,2-3H3,(H,43,47). The van der Waals surface area contributed by atoms with E-state index in [1.165, 1.54) is 0 Å². The zero-order chi connectivity index (χ0) is 37.4. The molecule has 53 heavy (non-hydrogen) atoms. The molecule has 2 aliphatic rings. The Morgan fingerprint density at radius 1 is 0.925 bits per heavy atom. The topological polar surface area (TPSA) is 123 Å². The third kappa shape index (κ3) is 8.87. The predicted octanol–water partition coefficient (Wildman–Crippen LogP) is 6.76. The van der Waals surface area contributed by atoms with Crippen LogP contribution in [-0.4, -0.2) is 85.9 Å². The largest absolute Gasteiger partial charge is 0.497 e. The number of likely N-dealkylation sites (tertiary alicyclic amines) is 1. The molecule has 1 radical (unpaired) electrons. The first-order valence-electron chi connectivity index (χ1n) is 18.8. The van der Waals surface area contributed by atoms with Crippen LogP contribution in [0.25, 0.3) is 10.9 Å². The van der Waals surface area contributed by atoms with Crippen molar-refractivity contribution in [1.82, 2.24) is 24.1 Å². The lowest BCUT2D eigenvalue weighted by molar-refractivity contribution is 0.0657. The molecule has 2 amide bonds. The Labute approximate surface area is 313 Å². The lowest BCUT2D eigenvalue weighted by Crippen LogP contribution is -2.41. The molecule has 2 aromatic heterocycles. The molecule has 0 aliphatic carbocycles. The van der Waals surface area contributed by atoms with Crippen LogP contribution in [0.15, 0.2) is 78.0 Å². The number of rotatable bonds is 15. The number of amides is 2. The van der Waals surface area contributed by atoms with Gasteiger partial charge in [0.05, 0.1) is 24.6 Å². The van der Waals surface area contributed by atoms with Crippen molar-refractivity contribution < 1.29 is 27.5 Å². The summed E-state index contributed by atoms with van der Waals surface area (Å²) in [4.78, 5) is 34.0. The van der Waals surface area contributed by atoms with Gasteiger partial charge in [-0.05, 0) is 86.8 Å². The monoisotopic (exact) mass is 742 g/mol. The minimum atomic E-state index is -3.45. The van der Waals surface area contributed by atoms with Gasteiger partial charge in [-0.2, -0.15) is 4.31 Å². The number of nitrogens with one attached hydrogen (secondary N) is 1. The Balaban J connectivity index is 1.04. The molecule has 0 spiro atoms. The number of aromatic nitrogens is 2. The van der Waals surface area contributed by atoms with E-state index < -0.39 is 10.0 Å². The van der Waals surface area contributed by atoms with Crippen LogP contribution in [0.1, 0.15) is 84.7 Å². The summed E-state index contributed by atoms with van der Waals surface area (Å²) < 4.78 is 40.6. The predicted molar refractivity (Wildman–Crippen MR) is 206 cm³/mol. The molecule has 11 nitrogen and oxygen atoms in total. The maximum atomic E-state index is 13.8. The number of hydrogen-bond acceptors (Lipinski definition) is 7. The fourth-order valence-electron chi connectivity index (χ4n) is 8.02. The number of methoxy groups -OCH3 is 2. The molecule has 4 aromatic rings. The molecule has 0 bridgehead atoms. The number of ether oxygens (including phenoxy) is 2. The van der Waals surface area contributed by atoms with Gasteiger partial charge in [0.1, 0.15) is 17.2 Å². The summed E-state index contributed by atoms with van der Waals surface area (Å²) in [6.07, 6.45) is 11.3. The molecule has 283 valence electrons. The zero-order valence-electron chi connectivity index (χ0n) is 30.9. The second-order valence-electron chi connectivity index (χ2n) is 14.2. The summed E-state index contributed by atoms with van der Waals surface area (Å²) >= 11 is 0. The number of piperidine rings is 2. The number of nitrogens with zero attached hydrogens (tertiary/aromatic N) is 4. The summed E-state index contributed by atoms with van der Waals surface area (Å²) in [6, 6.07) is 17.9. The van der Waals surface area contributed by atoms with Gasteiger partial charge >= 0.3 is 0 Å². The second kappa shape index (κ2) is 17.6. The third-order valence-corrected chi connectivity index (χ3v) is 12.9. The zero-order valence-corrected chi connectivity index (χ0v) is 31.7. The molecule has 2 aliphatic heterocycles. The quantitative estimate of drug-likeness (QED) is 0.134. The summed E-state index contributed by atoms with van der Waals surface area (Å²) in [5.41, 5.74) is 2.14. The molecule has 4 heterocycles. The molecule has 6 rings (SSSR count). The van der Waals surface area contributed by atoms with E-state index in [9.17, 15) is 18.0 Å². The maximum Gasteiger partial charge on any atom is 0.267 e. The van der Waals surface area contributed by atoms with Gasteiger partial charge in [0, 0.05) is 68.2 Å². The lowest BCUT2D eigenvalue weighted by Gasteiger charge is -2.37. The Morgan fingerprint density at radius 2 is 1.62 bits per heavy atom. The van der Waals surface area contributed by atoms with Crippen LogP contribution in [0.3, 0.4) is 0 Å². The normalized spacial score (nSPS) is 16.8. The summed E-state index contributed by atoms with van der Waals surface area (Å²) in [7, 11) is -0.302. The van der Waals surface area contributed by atoms with Crippen molar-refractivity contribution in [2.45, 2.75) is 68.7 Å². The van der Waals surface area contributed by atoms with Gasteiger partial charge in [-0.15, -0.1) is 0 Å². The van der Waals surface area contributed by atoms with E-state index in [1.54, 1.807) is 67.2 Å². The number of sulfonamides is 1. The van der Waals surface area contributed by atoms with Gasteiger partial charge in [-0.25, -0.2) is 8.42 Å². The van der Waals surface area contributed by atoms with Gasteiger partial charge < -0.3 is 24.3 Å². The van der Waals surface area contributed by atoms with Gasteiger partial charge in [-0.3, -0.25) is 14.6 Å². The first kappa shape index (κ1) is 38.3. The van der Waals surface area contributed by atoms with Crippen molar-refractivity contribution in [2.75, 3.05) is 46.9 Å². The van der Waals surface area contributed by atoms with Gasteiger partial charge in [0.25, 0.3) is 11.8 Å². The molecular weight excluding hydrogens is 691 g/mol. The van der Waals surface area contributed by atoms with Crippen LogP contribution in [0, 0.1) is 18.8 Å². The van der Waals surface area contributed by atoms with Crippen molar-refractivity contribution in [3.05, 3.63) is 91.2 Å². The average Bonchev–Trinajstić information content (AvgIpc) is 3.59. The summed E-state index contributed by atoms with van der Waals surface area (Å²) in [5, 5.41) is 4.11. The first-order valence-corrected chi connectivity index (χ1v) is 20.3. The summed E-state index contributed by atoms with van der Waals surface area (Å²) in [6.45, 7) is 7.06. The summed E-state index contributed by atoms with van der Waals surface area (Å²) in [5.74, 6) is 1.74. The highest BCUT2D eigenvalue weighted by Gasteiger charge is 2.33. The maximum absolute atomic E-state index is 13.8. The molecule has 12 heteroatoms. The minimum absolute atomic E-state index is 0.0406. The van der Waals surface area contributed by atoms with Crippen LogP contribution in [-0.2, 0) is 10.0 Å². The van der Waals surface area contributed by atoms with Gasteiger partial charge in [0.15, 0.2) is 0 Å². The van der Waals surface area contributed by atoms with E-state index in [0.717, 1.165) is 68.7 Å². The Hall–Kier alpha value is -4.42. The minimum Gasteiger partial charge on any atom is -0.497 e. The third-order valence-electron chi connectivity index (χ3n) is 11.0. The van der Waals surface area contributed by atoms with Crippen LogP contribution in [0.5, 0.6) is 11.5 Å². The molecule has 1 atom stereocenters. The van der Waals surface area contributed by atoms with Crippen LogP contribution < -0.4 is 14.8 Å². The van der Waals surface area contributed by atoms with Crippen molar-refractivity contribution in [3.8, 4) is 11.5 Å². The fourth-order valence-corrected chi connectivity index (χ4v) is 9.52. The number of benzene rings is 2. The van der Waals surface area contributed by atoms with E-state index in [2.05, 4.69) is 21.8 Å². The van der Waals surface area contributed by atoms with E-state index in [-0.39, 0.29) is 23.8 Å². The molecule has 0 saturated carbocycles. The number of unbranched alkanes of at least 4 members (excludes halogenated alkanes) is 1. The highest BCUT2D eigenvalue weighted by atomic mass is 32.2. The van der Waals surface area contributed by atoms with E-state index >= 15 is 0 Å². The molecular formula is C41H52N5O6S. The highest BCUT2D eigenvalue weighted by molar-refractivity contribution is 7.89. The SMILES string of the molecule is [CH2]CCC(C1CCN(C(=O)c2cc(OC)cc(OC)c2)CC1)n1c(C(=O)NCCCCC2CCN(S(=O)(=O)c3ccccc3)CC2)cc2cnccc21. The Bertz CT molecular complexity index is 1930. The number of carbonyl (C=O) groups excluding carboxylic acids is 2. The molecule has 2 fully saturated rings. The fraction of sp³-hybridized carbons (Fsp3) is 0.463. The van der Waals surface area contributed by atoms with E-state index in [1.807, 2.05) is 29.3 Å². The van der Waals surface area contributed by atoms with Crippen molar-refractivity contribution in [3.63, 3.8) is 0 Å². The van der Waals surface area contributed by atoms with Crippen LogP contribution in [0.4, 0.5) is 0 Å². The van der Waals surface area contributed by atoms with Gasteiger partial charge in [0.2, 0.25) is 10.0 Å². The first-order chi connectivity index (χ1) is 25.7. The van der Waals surface area contributed by atoms with Crippen LogP contribution >= 0.6 is 0 Å². The Morgan fingerprint density at radius 3 is 2.28 bits per heavy atom. The van der Waals surface area contributed by atoms with Crippen molar-refractivity contribution >= 4 is 32.7 Å². The molecule has 1 unspecified atom stereocenters. The van der Waals surface area contributed by atoms with E-state index in [4.69, 9.17) is 9.47 Å². The van der Waals surface area contributed by atoms with Crippen molar-refractivity contribution in [2.24, 2.45) is 11.8 Å². The van der Waals surface area contributed by atoms with Gasteiger partial charge in [-0.1, -0.05) is 44.4 Å². The highest BCUT2D eigenvalue weighted by Crippen LogP contribution is 2.37.